The number of nitrogens with one attached hydrogen (secondary N) is 1. The van der Waals surface area contributed by atoms with Crippen LogP contribution in [0.2, 0.25) is 0 Å². The Balaban J connectivity index is 1.98. The maximum atomic E-state index is 5.80. The van der Waals surface area contributed by atoms with Gasteiger partial charge in [0.2, 0.25) is 0 Å². The monoisotopic (exact) mass is 247 g/mol. The molecule has 2 nitrogen and oxygen atoms in total. The predicted molar refractivity (Wildman–Crippen MR) is 77.2 cm³/mol. The van der Waals surface area contributed by atoms with E-state index in [1.54, 1.807) is 0 Å². The van der Waals surface area contributed by atoms with Crippen LogP contribution < -0.4 is 5.32 Å². The number of aryl methyl sites for hydroxylation is 1. The number of benzene rings is 1. The number of anilines is 1. The summed E-state index contributed by atoms with van der Waals surface area (Å²) in [5.74, 6) is 0. The molecule has 1 heterocycles. The Morgan fingerprint density at radius 2 is 2.17 bits per heavy atom. The van der Waals surface area contributed by atoms with Crippen molar-refractivity contribution in [3.8, 4) is 0 Å². The van der Waals surface area contributed by atoms with Crippen molar-refractivity contribution in [2.45, 2.75) is 58.6 Å². The predicted octanol–water partition coefficient (Wildman–Crippen LogP) is 4.06. The van der Waals surface area contributed by atoms with Gasteiger partial charge in [0.1, 0.15) is 0 Å². The fourth-order valence-electron chi connectivity index (χ4n) is 2.66. The lowest BCUT2D eigenvalue weighted by atomic mass is 9.99. The molecular formula is C16H25NO. The van der Waals surface area contributed by atoms with Crippen molar-refractivity contribution in [2.75, 3.05) is 11.9 Å². The van der Waals surface area contributed by atoms with Gasteiger partial charge in [0.15, 0.2) is 0 Å². The van der Waals surface area contributed by atoms with Crippen LogP contribution >= 0.6 is 0 Å². The quantitative estimate of drug-likeness (QED) is 0.866. The minimum atomic E-state index is 0.450. The van der Waals surface area contributed by atoms with Crippen molar-refractivity contribution < 1.29 is 4.74 Å². The second-order valence-electron chi connectivity index (χ2n) is 5.39. The third kappa shape index (κ3) is 3.26. The average Bonchev–Trinajstić information content (AvgIpc) is 2.36. The Kier molecular flexibility index (Phi) is 4.65. The molecule has 1 aliphatic heterocycles. The molecule has 1 aliphatic rings. The van der Waals surface area contributed by atoms with Crippen LogP contribution in [0.3, 0.4) is 0 Å². The zero-order valence-electron chi connectivity index (χ0n) is 11.8. The summed E-state index contributed by atoms with van der Waals surface area (Å²) in [6.07, 6.45) is 5.10. The molecule has 100 valence electrons. The van der Waals surface area contributed by atoms with Gasteiger partial charge in [-0.05, 0) is 50.3 Å². The van der Waals surface area contributed by atoms with Crippen LogP contribution in [0.1, 0.15) is 43.7 Å². The summed E-state index contributed by atoms with van der Waals surface area (Å²) in [5.41, 5.74) is 4.02. The molecule has 0 radical (unpaired) electrons. The molecule has 1 aromatic carbocycles. The molecule has 1 N–H and O–H groups in total. The molecule has 0 spiro atoms. The number of hydrogen-bond acceptors (Lipinski definition) is 2. The summed E-state index contributed by atoms with van der Waals surface area (Å²) < 4.78 is 5.80. The maximum Gasteiger partial charge on any atom is 0.0594 e. The lowest BCUT2D eigenvalue weighted by molar-refractivity contribution is 0.00597. The summed E-state index contributed by atoms with van der Waals surface area (Å²) in [5, 5.41) is 3.70. The third-order valence-corrected chi connectivity index (χ3v) is 3.94. The van der Waals surface area contributed by atoms with Crippen LogP contribution in [0.4, 0.5) is 5.69 Å². The van der Waals surface area contributed by atoms with Crippen molar-refractivity contribution in [3.05, 3.63) is 29.3 Å². The number of ether oxygens (including phenoxy) is 1. The molecule has 0 aromatic heterocycles. The molecule has 0 bridgehead atoms. The summed E-state index contributed by atoms with van der Waals surface area (Å²) in [7, 11) is 0. The van der Waals surface area contributed by atoms with Crippen LogP contribution in [0.15, 0.2) is 18.2 Å². The zero-order valence-corrected chi connectivity index (χ0v) is 11.8. The molecule has 2 unspecified atom stereocenters. The summed E-state index contributed by atoms with van der Waals surface area (Å²) in [4.78, 5) is 0. The first-order chi connectivity index (χ1) is 8.70. The van der Waals surface area contributed by atoms with E-state index in [0.717, 1.165) is 19.4 Å². The molecule has 1 fully saturated rings. The van der Waals surface area contributed by atoms with E-state index in [4.69, 9.17) is 4.74 Å². The Morgan fingerprint density at radius 3 is 2.94 bits per heavy atom. The highest BCUT2D eigenvalue weighted by Gasteiger charge is 2.22. The smallest absolute Gasteiger partial charge is 0.0594 e. The minimum Gasteiger partial charge on any atom is -0.382 e. The zero-order chi connectivity index (χ0) is 13.0. The molecule has 2 atom stereocenters. The molecule has 0 aliphatic carbocycles. The lowest BCUT2D eigenvalue weighted by Crippen LogP contribution is -2.34. The lowest BCUT2D eigenvalue weighted by Gasteiger charge is -2.31. The van der Waals surface area contributed by atoms with Crippen molar-refractivity contribution >= 4 is 5.69 Å². The Labute approximate surface area is 111 Å². The van der Waals surface area contributed by atoms with Crippen LogP contribution in [0, 0.1) is 13.8 Å². The number of hydrogen-bond donors (Lipinski definition) is 1. The molecule has 1 aromatic rings. The normalized spacial score (nSPS) is 23.9. The standard InChI is InChI=1S/C16H25NO/c1-4-6-15-11-14(9-10-18-15)17-16-8-5-7-12(2)13(16)3/h5,7-8,14-15,17H,4,6,9-11H2,1-3H3. The van der Waals surface area contributed by atoms with Gasteiger partial charge in [0, 0.05) is 18.3 Å². The van der Waals surface area contributed by atoms with Gasteiger partial charge in [-0.2, -0.15) is 0 Å². The van der Waals surface area contributed by atoms with Crippen LogP contribution in [0.5, 0.6) is 0 Å². The van der Waals surface area contributed by atoms with Gasteiger partial charge < -0.3 is 10.1 Å². The molecular weight excluding hydrogens is 222 g/mol. The van der Waals surface area contributed by atoms with Gasteiger partial charge in [-0.15, -0.1) is 0 Å². The molecule has 0 amide bonds. The highest BCUT2D eigenvalue weighted by molar-refractivity contribution is 5.54. The molecule has 2 heteroatoms. The van der Waals surface area contributed by atoms with E-state index in [1.807, 2.05) is 0 Å². The van der Waals surface area contributed by atoms with E-state index in [0.29, 0.717) is 12.1 Å². The highest BCUT2D eigenvalue weighted by Crippen LogP contribution is 2.24. The molecule has 0 saturated carbocycles. The summed E-state index contributed by atoms with van der Waals surface area (Å²) >= 11 is 0. The van der Waals surface area contributed by atoms with Crippen molar-refractivity contribution in [1.82, 2.24) is 0 Å². The second-order valence-corrected chi connectivity index (χ2v) is 5.39. The average molecular weight is 247 g/mol. The van der Waals surface area contributed by atoms with E-state index in [-0.39, 0.29) is 0 Å². The summed E-state index contributed by atoms with van der Waals surface area (Å²) in [6, 6.07) is 7.06. The Hall–Kier alpha value is -1.02. The van der Waals surface area contributed by atoms with Gasteiger partial charge >= 0.3 is 0 Å². The molecule has 2 rings (SSSR count). The molecule has 18 heavy (non-hydrogen) atoms. The van der Waals surface area contributed by atoms with Crippen LogP contribution in [-0.4, -0.2) is 18.8 Å². The topological polar surface area (TPSA) is 21.3 Å². The first kappa shape index (κ1) is 13.4. The van der Waals surface area contributed by atoms with Gasteiger partial charge in [-0.3, -0.25) is 0 Å². The van der Waals surface area contributed by atoms with E-state index in [2.05, 4.69) is 44.3 Å². The minimum absolute atomic E-state index is 0.450. The first-order valence-corrected chi connectivity index (χ1v) is 7.15. The van der Waals surface area contributed by atoms with Crippen molar-refractivity contribution in [3.63, 3.8) is 0 Å². The fraction of sp³-hybridized carbons (Fsp3) is 0.625. The van der Waals surface area contributed by atoms with Crippen LogP contribution in [-0.2, 0) is 4.74 Å². The third-order valence-electron chi connectivity index (χ3n) is 3.94. The largest absolute Gasteiger partial charge is 0.382 e. The van der Waals surface area contributed by atoms with Gasteiger partial charge in [0.05, 0.1) is 6.10 Å². The maximum absolute atomic E-state index is 5.80. The van der Waals surface area contributed by atoms with Crippen molar-refractivity contribution in [1.29, 1.82) is 0 Å². The molecule has 1 saturated heterocycles. The number of rotatable bonds is 4. The van der Waals surface area contributed by atoms with E-state index < -0.39 is 0 Å². The Bertz CT molecular complexity index is 387. The van der Waals surface area contributed by atoms with Gasteiger partial charge in [-0.25, -0.2) is 0 Å². The van der Waals surface area contributed by atoms with Crippen molar-refractivity contribution in [2.24, 2.45) is 0 Å². The first-order valence-electron chi connectivity index (χ1n) is 7.15. The van der Waals surface area contributed by atoms with E-state index >= 15 is 0 Å². The highest BCUT2D eigenvalue weighted by atomic mass is 16.5. The second kappa shape index (κ2) is 6.24. The summed E-state index contributed by atoms with van der Waals surface area (Å²) in [6.45, 7) is 7.49. The van der Waals surface area contributed by atoms with E-state index in [9.17, 15) is 0 Å². The van der Waals surface area contributed by atoms with Gasteiger partial charge in [0.25, 0.3) is 0 Å². The van der Waals surface area contributed by atoms with E-state index in [1.165, 1.54) is 29.7 Å². The SMILES string of the molecule is CCCC1CC(Nc2cccc(C)c2C)CCO1. The Morgan fingerprint density at radius 1 is 1.33 bits per heavy atom. The fourth-order valence-corrected chi connectivity index (χ4v) is 2.66. The van der Waals surface area contributed by atoms with Crippen LogP contribution in [0.25, 0.3) is 0 Å². The van der Waals surface area contributed by atoms with Gasteiger partial charge in [-0.1, -0.05) is 25.5 Å².